The Balaban J connectivity index is 1.30. The summed E-state index contributed by atoms with van der Waals surface area (Å²) < 4.78 is 29.2. The topological polar surface area (TPSA) is 108 Å². The lowest BCUT2D eigenvalue weighted by molar-refractivity contribution is -0.125. The Labute approximate surface area is 225 Å². The molecule has 1 aromatic carbocycles. The predicted molar refractivity (Wildman–Crippen MR) is 147 cm³/mol. The molecule has 3 aromatic rings. The first-order valence-corrected chi connectivity index (χ1v) is 14.5. The second-order valence-electron chi connectivity index (χ2n) is 10.6. The van der Waals surface area contributed by atoms with Gasteiger partial charge in [-0.3, -0.25) is 14.3 Å². The van der Waals surface area contributed by atoms with Crippen molar-refractivity contribution in [3.8, 4) is 17.0 Å². The number of likely N-dealkylation sites (tertiary alicyclic amines) is 1. The molecule has 0 bridgehead atoms. The highest BCUT2D eigenvalue weighted by molar-refractivity contribution is 7.77. The lowest BCUT2D eigenvalue weighted by Gasteiger charge is -2.37. The van der Waals surface area contributed by atoms with Crippen LogP contribution in [0.25, 0.3) is 22.0 Å². The van der Waals surface area contributed by atoms with Gasteiger partial charge in [-0.05, 0) is 69.0 Å². The van der Waals surface area contributed by atoms with Crippen molar-refractivity contribution in [3.05, 3.63) is 47.8 Å². The Hall–Kier alpha value is -2.92. The summed E-state index contributed by atoms with van der Waals surface area (Å²) in [5.41, 5.74) is 4.95. The largest absolute Gasteiger partial charge is 0.477 e. The number of nitrogens with one attached hydrogen (secondary N) is 1. The van der Waals surface area contributed by atoms with Crippen LogP contribution in [0.2, 0.25) is 0 Å². The fraction of sp³-hybridized carbons (Fsp3) is 0.464. The summed E-state index contributed by atoms with van der Waals surface area (Å²) in [6, 6.07) is 8.05. The summed E-state index contributed by atoms with van der Waals surface area (Å²) in [5.74, 6) is 0.633. The smallest absolute Gasteiger partial charge is 0.237 e. The zero-order chi connectivity index (χ0) is 26.3. The number of pyridine rings is 2. The van der Waals surface area contributed by atoms with E-state index >= 15 is 0 Å². The van der Waals surface area contributed by atoms with E-state index in [9.17, 15) is 13.6 Å². The molecule has 9 nitrogen and oxygen atoms in total. The molecule has 2 aliphatic heterocycles. The van der Waals surface area contributed by atoms with Crippen molar-refractivity contribution in [2.45, 2.75) is 50.5 Å². The summed E-state index contributed by atoms with van der Waals surface area (Å²) in [7, 11) is 1.84. The third-order valence-corrected chi connectivity index (χ3v) is 8.70. The molecule has 1 amide bonds. The molecule has 1 atom stereocenters. The number of amides is 1. The van der Waals surface area contributed by atoms with Crippen LogP contribution < -0.4 is 14.4 Å². The predicted octanol–water partition coefficient (Wildman–Crippen LogP) is 3.79. The maximum absolute atomic E-state index is 13.2. The number of rotatable bonds is 9. The number of ether oxygens (including phenoxy) is 1. The number of anilines is 1. The van der Waals surface area contributed by atoms with Crippen molar-refractivity contribution < 1.29 is 18.3 Å². The average Bonchev–Trinajstić information content (AvgIpc) is 3.50. The molecule has 1 saturated heterocycles. The van der Waals surface area contributed by atoms with Crippen molar-refractivity contribution >= 4 is 33.8 Å². The highest BCUT2D eigenvalue weighted by Crippen LogP contribution is 2.55. The van der Waals surface area contributed by atoms with Gasteiger partial charge in [-0.2, -0.15) is 0 Å². The van der Waals surface area contributed by atoms with E-state index in [1.165, 1.54) is 12.8 Å². The molecule has 4 heterocycles. The fourth-order valence-electron chi connectivity index (χ4n) is 6.17. The Morgan fingerprint density at radius 2 is 1.92 bits per heavy atom. The van der Waals surface area contributed by atoms with Gasteiger partial charge < -0.3 is 14.5 Å². The van der Waals surface area contributed by atoms with Crippen LogP contribution in [0.4, 0.5) is 5.69 Å². The van der Waals surface area contributed by atoms with E-state index in [0.29, 0.717) is 18.1 Å². The van der Waals surface area contributed by atoms with Crippen LogP contribution in [0, 0.1) is 0 Å². The monoisotopic (exact) mass is 535 g/mol. The molecule has 1 aliphatic carbocycles. The zero-order valence-corrected chi connectivity index (χ0v) is 22.4. The van der Waals surface area contributed by atoms with Crippen LogP contribution in [-0.4, -0.2) is 62.8 Å². The average molecular weight is 536 g/mol. The summed E-state index contributed by atoms with van der Waals surface area (Å²) in [4.78, 5) is 26.6. The lowest BCUT2D eigenvalue weighted by atomic mass is 9.64. The molecule has 1 unspecified atom stereocenters. The van der Waals surface area contributed by atoms with E-state index in [-0.39, 0.29) is 12.5 Å². The molecular weight excluding hydrogens is 502 g/mol. The minimum absolute atomic E-state index is 0.151. The van der Waals surface area contributed by atoms with Gasteiger partial charge in [0.15, 0.2) is 0 Å². The number of aromatic nitrogens is 2. The Morgan fingerprint density at radius 3 is 2.66 bits per heavy atom. The number of benzene rings is 1. The zero-order valence-electron chi connectivity index (χ0n) is 21.6. The molecule has 38 heavy (non-hydrogen) atoms. The van der Waals surface area contributed by atoms with Crippen LogP contribution in [0.1, 0.15) is 49.7 Å². The first kappa shape index (κ1) is 25.4. The summed E-state index contributed by atoms with van der Waals surface area (Å²) in [6.07, 6.45) is 9.81. The first-order chi connectivity index (χ1) is 18.5. The Kier molecular flexibility index (Phi) is 6.90. The van der Waals surface area contributed by atoms with Crippen LogP contribution in [0.15, 0.2) is 36.7 Å². The minimum Gasteiger partial charge on any atom is -0.477 e. The first-order valence-electron chi connectivity index (χ1n) is 13.4. The third kappa shape index (κ3) is 4.49. The number of hydrogen-bond donors (Lipinski definition) is 2. The molecule has 2 N–H and O–H groups in total. The van der Waals surface area contributed by atoms with Crippen molar-refractivity contribution in [2.24, 2.45) is 0 Å². The van der Waals surface area contributed by atoms with E-state index in [0.717, 1.165) is 78.6 Å². The van der Waals surface area contributed by atoms with Gasteiger partial charge in [0, 0.05) is 48.4 Å². The number of carbonyl (C=O) groups is 1. The van der Waals surface area contributed by atoms with E-state index in [2.05, 4.69) is 25.7 Å². The molecule has 1 saturated carbocycles. The summed E-state index contributed by atoms with van der Waals surface area (Å²) >= 11 is -2.15. The normalized spacial score (nSPS) is 19.2. The van der Waals surface area contributed by atoms with Gasteiger partial charge in [0.1, 0.15) is 0 Å². The molecule has 2 aromatic heterocycles. The highest BCUT2D eigenvalue weighted by Gasteiger charge is 2.54. The number of hydrogen-bond acceptors (Lipinski definition) is 6. The van der Waals surface area contributed by atoms with E-state index < -0.39 is 16.7 Å². The second-order valence-corrected chi connectivity index (χ2v) is 11.3. The fourth-order valence-corrected chi connectivity index (χ4v) is 6.44. The Morgan fingerprint density at radius 1 is 1.11 bits per heavy atom. The lowest BCUT2D eigenvalue weighted by Crippen LogP contribution is -2.43. The van der Waals surface area contributed by atoms with Crippen LogP contribution in [-0.2, 0) is 28.0 Å². The van der Waals surface area contributed by atoms with E-state index in [4.69, 9.17) is 4.74 Å². The molecule has 3 aliphatic rings. The van der Waals surface area contributed by atoms with Gasteiger partial charge in [0.25, 0.3) is 0 Å². The summed E-state index contributed by atoms with van der Waals surface area (Å²) in [5, 5.41) is 0.996. The van der Waals surface area contributed by atoms with Crippen molar-refractivity contribution in [1.29, 1.82) is 0 Å². The van der Waals surface area contributed by atoms with Crippen molar-refractivity contribution in [2.75, 3.05) is 38.2 Å². The maximum Gasteiger partial charge on any atom is 0.237 e. The standard InChI is InChI=1S/C28H33N5O4S/c1-32-24-18-29-23-7-6-19(15-22(23)25(24)28(27(32)34)8-4-9-28)20-14-21(17-31-38(35)36)26(30-16-20)37-13-5-12-33-10-2-3-11-33/h6-7,14-16,18,31H,2-5,8-13,17H2,1H3,(H,35,36). The second kappa shape index (κ2) is 10.3. The minimum atomic E-state index is -2.15. The van der Waals surface area contributed by atoms with E-state index in [1.807, 2.05) is 31.4 Å². The van der Waals surface area contributed by atoms with Gasteiger partial charge in [-0.25, -0.2) is 13.9 Å². The van der Waals surface area contributed by atoms with Gasteiger partial charge >= 0.3 is 0 Å². The number of likely N-dealkylation sites (N-methyl/N-ethyl adjacent to an activating group) is 1. The molecule has 0 radical (unpaired) electrons. The molecule has 200 valence electrons. The molecule has 6 rings (SSSR count). The number of carbonyl (C=O) groups excluding carboxylic acids is 1. The third-order valence-electron chi connectivity index (χ3n) is 8.31. The quantitative estimate of drug-likeness (QED) is 0.317. The van der Waals surface area contributed by atoms with E-state index in [1.54, 1.807) is 11.1 Å². The van der Waals surface area contributed by atoms with Gasteiger partial charge in [0.05, 0.1) is 29.4 Å². The maximum atomic E-state index is 13.2. The number of fused-ring (bicyclic) bond motifs is 4. The van der Waals surface area contributed by atoms with Gasteiger partial charge in [0.2, 0.25) is 23.1 Å². The van der Waals surface area contributed by atoms with Crippen molar-refractivity contribution in [3.63, 3.8) is 0 Å². The molecule has 2 fully saturated rings. The summed E-state index contributed by atoms with van der Waals surface area (Å²) in [6.45, 7) is 4.00. The number of nitrogens with zero attached hydrogens (tertiary/aromatic N) is 4. The SMILES string of the molecule is CN1C(=O)C2(CCC2)c2c1cnc1ccc(-c3cnc(OCCCN4CCCC4)c(CNS(=O)O)c3)cc21. The molecular formula is C28H33N5O4S. The van der Waals surface area contributed by atoms with Crippen LogP contribution in [0.3, 0.4) is 0 Å². The van der Waals surface area contributed by atoms with Crippen LogP contribution in [0.5, 0.6) is 5.88 Å². The van der Waals surface area contributed by atoms with Gasteiger partial charge in [-0.15, -0.1) is 0 Å². The Bertz CT molecular complexity index is 1400. The van der Waals surface area contributed by atoms with Gasteiger partial charge in [-0.1, -0.05) is 12.5 Å². The molecule has 10 heteroatoms. The van der Waals surface area contributed by atoms with Crippen molar-refractivity contribution in [1.82, 2.24) is 19.6 Å². The molecule has 1 spiro atoms. The van der Waals surface area contributed by atoms with Crippen LogP contribution >= 0.6 is 0 Å². The highest BCUT2D eigenvalue weighted by atomic mass is 32.2.